The number of halogens is 1. The molecule has 0 atom stereocenters. The molecule has 62 valence electrons. The van der Waals surface area contributed by atoms with Gasteiger partial charge < -0.3 is 5.32 Å². The van der Waals surface area contributed by atoms with Crippen LogP contribution in [0.2, 0.25) is 0 Å². The third-order valence-corrected chi connectivity index (χ3v) is 2.47. The molecule has 1 rings (SSSR count). The summed E-state index contributed by atoms with van der Waals surface area (Å²) in [5, 5.41) is 7.32. The van der Waals surface area contributed by atoms with Crippen molar-refractivity contribution in [1.29, 1.82) is 0 Å². The van der Waals surface area contributed by atoms with E-state index in [1.54, 1.807) is 0 Å². The molecule has 0 aliphatic heterocycles. The van der Waals surface area contributed by atoms with Crippen LogP contribution in [0.4, 0.5) is 0 Å². The molecule has 1 aromatic heterocycles. The van der Waals surface area contributed by atoms with Gasteiger partial charge >= 0.3 is 0 Å². The number of nitrogens with one attached hydrogen (secondary N) is 1. The maximum absolute atomic E-state index is 4.22. The summed E-state index contributed by atoms with van der Waals surface area (Å²) in [5.41, 5.74) is 2.43. The summed E-state index contributed by atoms with van der Waals surface area (Å²) >= 11 is 3.38. The van der Waals surface area contributed by atoms with E-state index in [1.807, 2.05) is 18.8 Å². The molecular formula is C7H12BrN3. The Kier molecular flexibility index (Phi) is 2.67. The lowest BCUT2D eigenvalue weighted by atomic mass is 10.3. The predicted octanol–water partition coefficient (Wildman–Crippen LogP) is 1.21. The van der Waals surface area contributed by atoms with Crippen molar-refractivity contribution in [2.45, 2.75) is 13.5 Å². The van der Waals surface area contributed by atoms with Gasteiger partial charge in [-0.1, -0.05) is 0 Å². The molecule has 1 aromatic rings. The third kappa shape index (κ3) is 1.62. The van der Waals surface area contributed by atoms with Crippen LogP contribution in [0.15, 0.2) is 4.60 Å². The maximum Gasteiger partial charge on any atom is 0.131 e. The largest absolute Gasteiger partial charge is 0.314 e. The lowest BCUT2D eigenvalue weighted by Gasteiger charge is -2.00. The van der Waals surface area contributed by atoms with Crippen LogP contribution in [0.25, 0.3) is 0 Å². The summed E-state index contributed by atoms with van der Waals surface area (Å²) in [7, 11) is 3.88. The molecule has 11 heavy (non-hydrogen) atoms. The smallest absolute Gasteiger partial charge is 0.131 e. The molecule has 0 bridgehead atoms. The van der Waals surface area contributed by atoms with Crippen LogP contribution in [0.5, 0.6) is 0 Å². The number of hydrogen-bond donors (Lipinski definition) is 1. The molecule has 0 radical (unpaired) electrons. The molecule has 0 aromatic carbocycles. The molecule has 0 unspecified atom stereocenters. The Balaban J connectivity index is 3.02. The van der Waals surface area contributed by atoms with Crippen molar-refractivity contribution >= 4 is 15.9 Å². The van der Waals surface area contributed by atoms with Crippen LogP contribution >= 0.6 is 15.9 Å². The number of aryl methyl sites for hydroxylation is 1. The molecule has 0 saturated heterocycles. The molecule has 0 aliphatic carbocycles. The standard InChI is InChI=1S/C7H12BrN3/c1-5-6(4-9-2)11(3)10-7(5)8/h9H,4H2,1-3H3. The summed E-state index contributed by atoms with van der Waals surface area (Å²) < 4.78 is 2.82. The van der Waals surface area contributed by atoms with E-state index in [4.69, 9.17) is 0 Å². The molecule has 0 amide bonds. The van der Waals surface area contributed by atoms with Crippen LogP contribution in [-0.2, 0) is 13.6 Å². The first-order valence-corrected chi connectivity index (χ1v) is 4.28. The zero-order valence-corrected chi connectivity index (χ0v) is 8.57. The third-order valence-electron chi connectivity index (χ3n) is 1.71. The number of nitrogens with zero attached hydrogens (tertiary/aromatic N) is 2. The fourth-order valence-electron chi connectivity index (χ4n) is 1.04. The van der Waals surface area contributed by atoms with Crippen LogP contribution in [-0.4, -0.2) is 16.8 Å². The highest BCUT2D eigenvalue weighted by molar-refractivity contribution is 9.10. The molecule has 0 saturated carbocycles. The summed E-state index contributed by atoms with van der Waals surface area (Å²) in [6, 6.07) is 0. The minimum absolute atomic E-state index is 0.862. The van der Waals surface area contributed by atoms with E-state index in [1.165, 1.54) is 11.3 Å². The van der Waals surface area contributed by atoms with Crippen molar-refractivity contribution in [3.63, 3.8) is 0 Å². The molecule has 0 aliphatic rings. The van der Waals surface area contributed by atoms with Gasteiger partial charge in [-0.05, 0) is 29.9 Å². The second-order valence-electron chi connectivity index (χ2n) is 2.52. The average Bonchev–Trinajstić information content (AvgIpc) is 2.17. The van der Waals surface area contributed by atoms with Gasteiger partial charge in [-0.25, -0.2) is 0 Å². The first-order chi connectivity index (χ1) is 5.16. The summed E-state index contributed by atoms with van der Waals surface area (Å²) in [6.45, 7) is 2.92. The van der Waals surface area contributed by atoms with Crippen molar-refractivity contribution in [2.75, 3.05) is 7.05 Å². The predicted molar refractivity (Wildman–Crippen MR) is 48.4 cm³/mol. The Morgan fingerprint density at radius 1 is 1.64 bits per heavy atom. The lowest BCUT2D eigenvalue weighted by molar-refractivity contribution is 0.667. The number of rotatable bonds is 2. The summed E-state index contributed by atoms with van der Waals surface area (Å²) in [4.78, 5) is 0. The van der Waals surface area contributed by atoms with Gasteiger partial charge in [0.05, 0.1) is 5.69 Å². The van der Waals surface area contributed by atoms with Crippen LogP contribution in [0.3, 0.4) is 0 Å². The average molecular weight is 218 g/mol. The van der Waals surface area contributed by atoms with Crippen molar-refractivity contribution < 1.29 is 0 Å². The van der Waals surface area contributed by atoms with Gasteiger partial charge in [-0.2, -0.15) is 5.10 Å². The summed E-state index contributed by atoms with van der Waals surface area (Å²) in [5.74, 6) is 0. The van der Waals surface area contributed by atoms with E-state index in [0.717, 1.165) is 11.1 Å². The van der Waals surface area contributed by atoms with Gasteiger partial charge in [0, 0.05) is 19.2 Å². The van der Waals surface area contributed by atoms with Crippen molar-refractivity contribution in [2.24, 2.45) is 7.05 Å². The minimum Gasteiger partial charge on any atom is -0.314 e. The van der Waals surface area contributed by atoms with Gasteiger partial charge in [0.1, 0.15) is 4.60 Å². The highest BCUT2D eigenvalue weighted by atomic mass is 79.9. The molecular weight excluding hydrogens is 206 g/mol. The van der Waals surface area contributed by atoms with E-state index in [9.17, 15) is 0 Å². The Labute approximate surface area is 74.9 Å². The Hall–Kier alpha value is -0.350. The Morgan fingerprint density at radius 2 is 2.27 bits per heavy atom. The van der Waals surface area contributed by atoms with Gasteiger partial charge in [0.15, 0.2) is 0 Å². The number of aromatic nitrogens is 2. The monoisotopic (exact) mass is 217 g/mol. The van der Waals surface area contributed by atoms with Crippen LogP contribution in [0, 0.1) is 6.92 Å². The SMILES string of the molecule is CNCc1c(C)c(Br)nn1C. The highest BCUT2D eigenvalue weighted by Crippen LogP contribution is 2.17. The van der Waals surface area contributed by atoms with Gasteiger partial charge in [0.2, 0.25) is 0 Å². The zero-order valence-electron chi connectivity index (χ0n) is 6.98. The van der Waals surface area contributed by atoms with E-state index in [0.29, 0.717) is 0 Å². The van der Waals surface area contributed by atoms with Crippen molar-refractivity contribution in [3.05, 3.63) is 15.9 Å². The first kappa shape index (κ1) is 8.74. The Morgan fingerprint density at radius 3 is 2.64 bits per heavy atom. The van der Waals surface area contributed by atoms with Crippen LogP contribution < -0.4 is 5.32 Å². The molecule has 4 heteroatoms. The second-order valence-corrected chi connectivity index (χ2v) is 3.27. The molecule has 1 N–H and O–H groups in total. The van der Waals surface area contributed by atoms with E-state index >= 15 is 0 Å². The molecule has 3 nitrogen and oxygen atoms in total. The van der Waals surface area contributed by atoms with E-state index in [-0.39, 0.29) is 0 Å². The molecule has 0 fully saturated rings. The fourth-order valence-corrected chi connectivity index (χ4v) is 1.51. The summed E-state index contributed by atoms with van der Waals surface area (Å²) in [6.07, 6.45) is 0. The highest BCUT2D eigenvalue weighted by Gasteiger charge is 2.07. The van der Waals surface area contributed by atoms with Crippen molar-refractivity contribution in [1.82, 2.24) is 15.1 Å². The molecule has 1 heterocycles. The number of hydrogen-bond acceptors (Lipinski definition) is 2. The molecule has 0 spiro atoms. The van der Waals surface area contributed by atoms with Crippen molar-refractivity contribution in [3.8, 4) is 0 Å². The van der Waals surface area contributed by atoms with Gasteiger partial charge in [-0.15, -0.1) is 0 Å². The maximum atomic E-state index is 4.22. The minimum atomic E-state index is 0.862. The lowest BCUT2D eigenvalue weighted by Crippen LogP contribution is -2.10. The second kappa shape index (κ2) is 3.36. The Bertz CT molecular complexity index is 254. The topological polar surface area (TPSA) is 29.9 Å². The quantitative estimate of drug-likeness (QED) is 0.808. The van der Waals surface area contributed by atoms with E-state index in [2.05, 4.69) is 33.3 Å². The van der Waals surface area contributed by atoms with Gasteiger partial charge in [-0.3, -0.25) is 4.68 Å². The first-order valence-electron chi connectivity index (χ1n) is 3.49. The normalized spacial score (nSPS) is 10.5. The van der Waals surface area contributed by atoms with Gasteiger partial charge in [0.25, 0.3) is 0 Å². The fraction of sp³-hybridized carbons (Fsp3) is 0.571. The van der Waals surface area contributed by atoms with Crippen LogP contribution in [0.1, 0.15) is 11.3 Å². The van der Waals surface area contributed by atoms with E-state index < -0.39 is 0 Å². The zero-order chi connectivity index (χ0) is 8.43.